The van der Waals surface area contributed by atoms with Crippen LogP contribution in [0.1, 0.15) is 27.2 Å². The van der Waals surface area contributed by atoms with E-state index in [1.165, 1.54) is 0 Å². The second-order valence-electron chi connectivity index (χ2n) is 5.33. The first-order valence-corrected chi connectivity index (χ1v) is 7.45. The first-order valence-electron chi connectivity index (χ1n) is 7.45. The van der Waals surface area contributed by atoms with Crippen molar-refractivity contribution in [1.29, 1.82) is 0 Å². The molecular formula is C14H28N4O2. The highest BCUT2D eigenvalue weighted by atomic mass is 16.6. The van der Waals surface area contributed by atoms with Crippen LogP contribution in [-0.4, -0.2) is 68.2 Å². The number of guanidine groups is 1. The zero-order valence-electron chi connectivity index (χ0n) is 13.2. The van der Waals surface area contributed by atoms with Crippen LogP contribution in [0.15, 0.2) is 4.99 Å². The molecule has 1 aliphatic rings. The van der Waals surface area contributed by atoms with E-state index in [0.717, 1.165) is 32.0 Å². The topological polar surface area (TPSA) is 57.2 Å². The van der Waals surface area contributed by atoms with Crippen molar-refractivity contribution in [2.24, 2.45) is 10.9 Å². The number of aliphatic imine (C=N–C) groups is 1. The Balaban J connectivity index is 2.36. The maximum atomic E-state index is 11.6. The third-order valence-electron chi connectivity index (χ3n) is 3.32. The lowest BCUT2D eigenvalue weighted by atomic mass is 10.1. The molecule has 1 N–H and O–H groups in total. The van der Waals surface area contributed by atoms with Gasteiger partial charge in [-0.2, -0.15) is 0 Å². The lowest BCUT2D eigenvalue weighted by Gasteiger charge is -2.35. The van der Waals surface area contributed by atoms with E-state index in [1.54, 1.807) is 11.9 Å². The summed E-state index contributed by atoms with van der Waals surface area (Å²) in [7, 11) is 1.80. The van der Waals surface area contributed by atoms with Gasteiger partial charge in [0.25, 0.3) is 0 Å². The summed E-state index contributed by atoms with van der Waals surface area (Å²) < 4.78 is 5.02. The minimum Gasteiger partial charge on any atom is -0.450 e. The van der Waals surface area contributed by atoms with Gasteiger partial charge in [0.1, 0.15) is 0 Å². The maximum absolute atomic E-state index is 11.6. The fourth-order valence-corrected chi connectivity index (χ4v) is 2.12. The molecule has 0 bridgehead atoms. The Bertz CT molecular complexity index is 323. The van der Waals surface area contributed by atoms with E-state index in [0.29, 0.717) is 25.6 Å². The first kappa shape index (κ1) is 16.6. The van der Waals surface area contributed by atoms with Crippen molar-refractivity contribution in [1.82, 2.24) is 15.1 Å². The van der Waals surface area contributed by atoms with Crippen molar-refractivity contribution in [3.8, 4) is 0 Å². The highest BCUT2D eigenvalue weighted by molar-refractivity contribution is 5.80. The molecule has 116 valence electrons. The van der Waals surface area contributed by atoms with Gasteiger partial charge in [-0.25, -0.2) is 4.79 Å². The lowest BCUT2D eigenvalue weighted by Crippen LogP contribution is -2.54. The van der Waals surface area contributed by atoms with Crippen LogP contribution in [0.25, 0.3) is 0 Å². The van der Waals surface area contributed by atoms with Crippen molar-refractivity contribution < 1.29 is 9.53 Å². The van der Waals surface area contributed by atoms with Crippen LogP contribution < -0.4 is 5.32 Å². The molecule has 0 saturated carbocycles. The Morgan fingerprint density at radius 1 is 1.25 bits per heavy atom. The van der Waals surface area contributed by atoms with Crippen LogP contribution in [0.3, 0.4) is 0 Å². The van der Waals surface area contributed by atoms with Crippen molar-refractivity contribution in [2.75, 3.05) is 46.4 Å². The van der Waals surface area contributed by atoms with Crippen LogP contribution in [-0.2, 0) is 4.74 Å². The molecule has 0 aromatic heterocycles. The molecule has 0 aromatic carbocycles. The molecule has 1 saturated heterocycles. The van der Waals surface area contributed by atoms with Crippen molar-refractivity contribution in [3.63, 3.8) is 0 Å². The quantitative estimate of drug-likeness (QED) is 0.626. The second-order valence-corrected chi connectivity index (χ2v) is 5.33. The lowest BCUT2D eigenvalue weighted by molar-refractivity contribution is 0.0914. The Morgan fingerprint density at radius 3 is 2.35 bits per heavy atom. The number of carbonyl (C=O) groups is 1. The van der Waals surface area contributed by atoms with Gasteiger partial charge in [0.2, 0.25) is 0 Å². The number of piperazine rings is 1. The minimum atomic E-state index is -0.213. The van der Waals surface area contributed by atoms with Gasteiger partial charge >= 0.3 is 6.09 Å². The summed E-state index contributed by atoms with van der Waals surface area (Å²) in [5, 5.41) is 3.38. The Labute approximate surface area is 122 Å². The Kier molecular flexibility index (Phi) is 7.18. The van der Waals surface area contributed by atoms with Crippen LogP contribution >= 0.6 is 0 Å². The van der Waals surface area contributed by atoms with Crippen molar-refractivity contribution >= 4 is 12.1 Å². The molecule has 1 heterocycles. The van der Waals surface area contributed by atoms with Gasteiger partial charge in [0, 0.05) is 39.8 Å². The average molecular weight is 284 g/mol. The summed E-state index contributed by atoms with van der Waals surface area (Å²) in [6.07, 6.45) is 0.914. The van der Waals surface area contributed by atoms with Crippen LogP contribution in [0.2, 0.25) is 0 Å². The molecule has 1 fully saturated rings. The summed E-state index contributed by atoms with van der Waals surface area (Å²) in [6.45, 7) is 10.6. The molecule has 0 aliphatic carbocycles. The number of hydrogen-bond acceptors (Lipinski definition) is 3. The van der Waals surface area contributed by atoms with E-state index >= 15 is 0 Å². The summed E-state index contributed by atoms with van der Waals surface area (Å²) in [4.78, 5) is 19.9. The van der Waals surface area contributed by atoms with E-state index in [1.807, 2.05) is 6.92 Å². The fraction of sp³-hybridized carbons (Fsp3) is 0.857. The van der Waals surface area contributed by atoms with Gasteiger partial charge in [-0.15, -0.1) is 0 Å². The van der Waals surface area contributed by atoms with Gasteiger partial charge < -0.3 is 19.9 Å². The molecule has 20 heavy (non-hydrogen) atoms. The van der Waals surface area contributed by atoms with Crippen LogP contribution in [0.4, 0.5) is 4.79 Å². The molecule has 0 aromatic rings. The molecule has 0 atom stereocenters. The largest absolute Gasteiger partial charge is 0.450 e. The van der Waals surface area contributed by atoms with E-state index in [2.05, 4.69) is 29.1 Å². The fourth-order valence-electron chi connectivity index (χ4n) is 2.12. The van der Waals surface area contributed by atoms with Gasteiger partial charge in [-0.05, 0) is 19.3 Å². The van der Waals surface area contributed by atoms with Gasteiger partial charge in [0.15, 0.2) is 5.96 Å². The predicted molar refractivity (Wildman–Crippen MR) is 81.0 cm³/mol. The molecule has 6 heteroatoms. The zero-order chi connectivity index (χ0) is 15.0. The second kappa shape index (κ2) is 8.66. The smallest absolute Gasteiger partial charge is 0.409 e. The number of hydrogen-bond donors (Lipinski definition) is 1. The molecule has 1 amide bonds. The summed E-state index contributed by atoms with van der Waals surface area (Å²) >= 11 is 0. The van der Waals surface area contributed by atoms with E-state index in [4.69, 9.17) is 4.74 Å². The Morgan fingerprint density at radius 2 is 1.85 bits per heavy atom. The van der Waals surface area contributed by atoms with E-state index in [9.17, 15) is 4.79 Å². The molecule has 0 unspecified atom stereocenters. The van der Waals surface area contributed by atoms with Crippen molar-refractivity contribution in [3.05, 3.63) is 0 Å². The average Bonchev–Trinajstić information content (AvgIpc) is 2.44. The number of nitrogens with one attached hydrogen (secondary N) is 1. The number of rotatable bonds is 4. The zero-order valence-corrected chi connectivity index (χ0v) is 13.2. The monoisotopic (exact) mass is 284 g/mol. The van der Waals surface area contributed by atoms with Gasteiger partial charge in [0.05, 0.1) is 6.61 Å². The van der Waals surface area contributed by atoms with Crippen molar-refractivity contribution in [2.45, 2.75) is 27.2 Å². The summed E-state index contributed by atoms with van der Waals surface area (Å²) in [6, 6.07) is 0. The summed E-state index contributed by atoms with van der Waals surface area (Å²) in [5.74, 6) is 1.61. The molecular weight excluding hydrogens is 256 g/mol. The third kappa shape index (κ3) is 5.27. The number of carbonyl (C=O) groups excluding carboxylic acids is 1. The predicted octanol–water partition coefficient (Wildman–Crippen LogP) is 1.38. The van der Waals surface area contributed by atoms with Gasteiger partial charge in [-0.1, -0.05) is 13.8 Å². The highest BCUT2D eigenvalue weighted by Crippen LogP contribution is 2.05. The summed E-state index contributed by atoms with van der Waals surface area (Å²) in [5.41, 5.74) is 0. The third-order valence-corrected chi connectivity index (χ3v) is 3.32. The van der Waals surface area contributed by atoms with Gasteiger partial charge in [-0.3, -0.25) is 4.99 Å². The Hall–Kier alpha value is -1.46. The maximum Gasteiger partial charge on any atom is 0.409 e. The van der Waals surface area contributed by atoms with Crippen LogP contribution in [0.5, 0.6) is 0 Å². The molecule has 0 radical (unpaired) electrons. The molecule has 0 spiro atoms. The minimum absolute atomic E-state index is 0.213. The first-order chi connectivity index (χ1) is 9.58. The number of nitrogens with zero attached hydrogens (tertiary/aromatic N) is 3. The van der Waals surface area contributed by atoms with E-state index < -0.39 is 0 Å². The molecule has 6 nitrogen and oxygen atoms in total. The number of ether oxygens (including phenoxy) is 1. The standard InChI is InChI=1S/C14H28N4O2/c1-5-20-14(19)18-10-8-17(9-11-18)13(15-4)16-7-6-12(2)3/h12H,5-11H2,1-4H3,(H,15,16). The van der Waals surface area contributed by atoms with Crippen LogP contribution in [0, 0.1) is 5.92 Å². The molecule has 1 rings (SSSR count). The molecule has 1 aliphatic heterocycles. The van der Waals surface area contributed by atoms with E-state index in [-0.39, 0.29) is 6.09 Å². The SMILES string of the molecule is CCOC(=O)N1CCN(C(=NC)NCCC(C)C)CC1. The number of amides is 1. The normalized spacial score (nSPS) is 16.6. The highest BCUT2D eigenvalue weighted by Gasteiger charge is 2.23.